The number of alkyl halides is 1. The summed E-state index contributed by atoms with van der Waals surface area (Å²) in [6, 6.07) is 2.19. The van der Waals surface area contributed by atoms with Crippen molar-refractivity contribution < 1.29 is 36.7 Å². The highest BCUT2D eigenvalue weighted by molar-refractivity contribution is 8.07. The van der Waals surface area contributed by atoms with Gasteiger partial charge in [-0.05, 0) is 43.1 Å². The molecule has 22 heteroatoms. The van der Waals surface area contributed by atoms with Crippen molar-refractivity contribution in [3.05, 3.63) is 28.9 Å². The number of aromatic amines is 1. The lowest BCUT2D eigenvalue weighted by molar-refractivity contribution is -0.118. The molecule has 9 atom stereocenters. The molecule has 0 saturated heterocycles. The lowest BCUT2D eigenvalue weighted by atomic mass is 10.1. The molecule has 2 aliphatic rings. The van der Waals surface area contributed by atoms with E-state index in [2.05, 4.69) is 40.9 Å². The summed E-state index contributed by atoms with van der Waals surface area (Å²) in [5.41, 5.74) is -0.494. The first-order chi connectivity index (χ1) is 23.9. The molecule has 0 aromatic carbocycles. The first-order valence-electron chi connectivity index (χ1n) is 16.1. The minimum Gasteiger partial charge on any atom is -0.364 e. The van der Waals surface area contributed by atoms with E-state index in [1.807, 2.05) is 13.0 Å². The number of aromatic nitrogens is 7. The van der Waals surface area contributed by atoms with Crippen LogP contribution in [-0.4, -0.2) is 83.4 Å². The van der Waals surface area contributed by atoms with Crippen LogP contribution in [0.3, 0.4) is 0 Å². The number of carbonyl (C=O) groups excluding carboxylic acids is 1. The predicted molar refractivity (Wildman–Crippen MR) is 181 cm³/mol. The van der Waals surface area contributed by atoms with Crippen molar-refractivity contribution in [3.8, 4) is 6.07 Å². The summed E-state index contributed by atoms with van der Waals surface area (Å²) in [6.07, 6.45) is 1.07. The van der Waals surface area contributed by atoms with Crippen molar-refractivity contribution >= 4 is 55.6 Å². The zero-order valence-corrected chi connectivity index (χ0v) is 30.2. The molecule has 3 heterocycles. The van der Waals surface area contributed by atoms with Gasteiger partial charge in [-0.1, -0.05) is 32.4 Å². The Morgan fingerprint density at radius 1 is 1.34 bits per heavy atom. The van der Waals surface area contributed by atoms with Gasteiger partial charge in [-0.15, -0.1) is 5.10 Å². The Morgan fingerprint density at radius 2 is 2.14 bits per heavy atom. The van der Waals surface area contributed by atoms with Crippen LogP contribution in [-0.2, 0) is 39.3 Å². The average Bonchev–Trinajstić information content (AvgIpc) is 3.76. The standard InChI is InChI=1S/C28H39FN10O8P2S/c1-4-16-10-19(39-25-23(37-38-39)27(41)36-28(34-25)35-26(40)15(2)3)20(11-16)47-49(50,44-9-5-7-30)45-13-17-12-18(22(29)24(17)46-48(42)43)33-21-6-8-31-14-32-21/h6,8,14-20,22,24,48H,4-5,9-13H2,1-3H3,(H,42,43)(H,31,32,33)(H2,34,35,36,40,41)/t16-,17+,18+,19+,20+,22-,24+,49?/m0/s1. The lowest BCUT2D eigenvalue weighted by Gasteiger charge is -2.29. The Labute approximate surface area is 292 Å². The monoisotopic (exact) mass is 756 g/mol. The SMILES string of the molecule is CC[C@H]1C[C@@H](n2nnc3c(=O)[nH]c(NC(=O)C(C)C)nc32)[C@H](OP(=S)(OCCC#N)OC[C@H]2C[C@@H](Nc3ccncn3)[C@H](F)[C@@H]2O[PH](=O)O)C1. The molecular weight excluding hydrogens is 717 g/mol. The van der Waals surface area contributed by atoms with Gasteiger partial charge in [0.1, 0.15) is 24.4 Å². The van der Waals surface area contributed by atoms with Gasteiger partial charge in [0.05, 0.1) is 43.9 Å². The van der Waals surface area contributed by atoms with E-state index < -0.39 is 56.9 Å². The van der Waals surface area contributed by atoms with Gasteiger partial charge in [0.25, 0.3) is 5.56 Å². The first-order valence-corrected chi connectivity index (χ1v) is 19.9. The van der Waals surface area contributed by atoms with Crippen LogP contribution in [0.5, 0.6) is 0 Å². The van der Waals surface area contributed by atoms with Gasteiger partial charge in [0.15, 0.2) is 11.2 Å². The van der Waals surface area contributed by atoms with Crippen LogP contribution in [0.4, 0.5) is 16.2 Å². The minimum absolute atomic E-state index is 0.0127. The van der Waals surface area contributed by atoms with E-state index in [-0.39, 0.29) is 60.9 Å². The first kappa shape index (κ1) is 38.0. The third-order valence-corrected chi connectivity index (χ3v) is 11.5. The molecule has 0 radical (unpaired) electrons. The molecule has 5 rings (SSSR count). The van der Waals surface area contributed by atoms with Crippen LogP contribution in [0.25, 0.3) is 11.2 Å². The van der Waals surface area contributed by atoms with Gasteiger partial charge in [0, 0.05) is 18.0 Å². The van der Waals surface area contributed by atoms with Crippen LogP contribution >= 0.6 is 15.0 Å². The average molecular weight is 757 g/mol. The van der Waals surface area contributed by atoms with Crippen molar-refractivity contribution in [1.29, 1.82) is 5.26 Å². The highest BCUT2D eigenvalue weighted by Crippen LogP contribution is 2.56. The summed E-state index contributed by atoms with van der Waals surface area (Å²) in [6.45, 7) is 1.39. The van der Waals surface area contributed by atoms with Crippen molar-refractivity contribution in [2.45, 2.75) is 83.3 Å². The molecule has 2 unspecified atom stereocenters. The Kier molecular flexibility index (Phi) is 12.8. The fourth-order valence-electron chi connectivity index (χ4n) is 6.04. The normalized spacial score (nSPS) is 26.9. The minimum atomic E-state index is -3.68. The maximum atomic E-state index is 15.6. The maximum Gasteiger partial charge on any atom is 0.327 e. The zero-order valence-electron chi connectivity index (χ0n) is 27.5. The van der Waals surface area contributed by atoms with E-state index in [1.165, 1.54) is 17.2 Å². The highest BCUT2D eigenvalue weighted by Gasteiger charge is 2.47. The Balaban J connectivity index is 1.39. The number of carbonyl (C=O) groups is 1. The molecule has 0 spiro atoms. The summed E-state index contributed by atoms with van der Waals surface area (Å²) in [4.78, 5) is 49.6. The number of H-pyrrole nitrogens is 1. The van der Waals surface area contributed by atoms with Crippen LogP contribution in [0.15, 0.2) is 23.4 Å². The fourth-order valence-corrected chi connectivity index (χ4v) is 8.78. The third-order valence-electron chi connectivity index (χ3n) is 8.61. The number of nitrogens with zero attached hydrogens (tertiary/aromatic N) is 7. The maximum absolute atomic E-state index is 15.6. The molecule has 2 aliphatic carbocycles. The Morgan fingerprint density at radius 3 is 2.82 bits per heavy atom. The summed E-state index contributed by atoms with van der Waals surface area (Å²) in [5.74, 6) is -1.00. The van der Waals surface area contributed by atoms with E-state index in [9.17, 15) is 24.3 Å². The number of nitrogens with one attached hydrogen (secondary N) is 3. The molecular formula is C28H39FN10O8P2S. The lowest BCUT2D eigenvalue weighted by Crippen LogP contribution is -2.33. The van der Waals surface area contributed by atoms with Crippen molar-refractivity contribution in [2.75, 3.05) is 23.8 Å². The van der Waals surface area contributed by atoms with Crippen molar-refractivity contribution in [1.82, 2.24) is 34.9 Å². The number of amides is 1. The van der Waals surface area contributed by atoms with Crippen LogP contribution < -0.4 is 16.2 Å². The highest BCUT2D eigenvalue weighted by atomic mass is 32.5. The quantitative estimate of drug-likeness (QED) is 0.121. The van der Waals surface area contributed by atoms with Crippen LogP contribution in [0.2, 0.25) is 0 Å². The molecule has 3 aromatic heterocycles. The van der Waals surface area contributed by atoms with E-state index in [0.29, 0.717) is 18.7 Å². The van der Waals surface area contributed by atoms with Gasteiger partial charge < -0.3 is 28.3 Å². The van der Waals surface area contributed by atoms with Gasteiger partial charge in [-0.3, -0.25) is 24.5 Å². The molecule has 18 nitrogen and oxygen atoms in total. The summed E-state index contributed by atoms with van der Waals surface area (Å²) in [5, 5.41) is 23.0. The summed E-state index contributed by atoms with van der Waals surface area (Å²) in [7, 11) is -3.53. The number of hydrogen-bond donors (Lipinski definition) is 4. The van der Waals surface area contributed by atoms with Crippen molar-refractivity contribution in [2.24, 2.45) is 17.8 Å². The number of anilines is 2. The number of halogens is 1. The fraction of sp³-hybridized carbons (Fsp3) is 0.643. The van der Waals surface area contributed by atoms with Gasteiger partial charge >= 0.3 is 15.0 Å². The third kappa shape index (κ3) is 9.14. The molecule has 1 amide bonds. The van der Waals surface area contributed by atoms with E-state index >= 15 is 4.39 Å². The predicted octanol–water partition coefficient (Wildman–Crippen LogP) is 3.42. The second-order valence-corrected chi connectivity index (χ2v) is 16.1. The topological polar surface area (TPSA) is 241 Å². The van der Waals surface area contributed by atoms with Crippen molar-refractivity contribution in [3.63, 3.8) is 0 Å². The van der Waals surface area contributed by atoms with Crippen LogP contribution in [0, 0.1) is 29.1 Å². The van der Waals surface area contributed by atoms with Crippen LogP contribution in [0.1, 0.15) is 58.9 Å². The second kappa shape index (κ2) is 16.8. The number of fused-ring (bicyclic) bond motifs is 1. The molecule has 4 N–H and O–H groups in total. The van der Waals surface area contributed by atoms with E-state index in [4.69, 9.17) is 29.9 Å². The smallest absolute Gasteiger partial charge is 0.327 e. The molecule has 50 heavy (non-hydrogen) atoms. The van der Waals surface area contributed by atoms with E-state index in [0.717, 1.165) is 6.42 Å². The number of hydrogen-bond acceptors (Lipinski definition) is 15. The second-order valence-electron chi connectivity index (χ2n) is 12.3. The zero-order chi connectivity index (χ0) is 36.0. The van der Waals surface area contributed by atoms with E-state index in [1.54, 1.807) is 19.9 Å². The molecule has 2 saturated carbocycles. The molecule has 0 aliphatic heterocycles. The largest absolute Gasteiger partial charge is 0.364 e. The molecule has 2 fully saturated rings. The summed E-state index contributed by atoms with van der Waals surface area (Å²) < 4.78 is 52.5. The van der Waals surface area contributed by atoms with Gasteiger partial charge in [0.2, 0.25) is 11.9 Å². The molecule has 3 aromatic rings. The molecule has 0 bridgehead atoms. The van der Waals surface area contributed by atoms with Gasteiger partial charge in [-0.25, -0.2) is 19.0 Å². The number of nitriles is 1. The Hall–Kier alpha value is -3.27. The summed E-state index contributed by atoms with van der Waals surface area (Å²) >= 11 is 5.84. The molecule has 272 valence electrons. The Bertz CT molecular complexity index is 1810. The van der Waals surface area contributed by atoms with Gasteiger partial charge in [-0.2, -0.15) is 10.2 Å². The number of rotatable bonds is 16.